The van der Waals surface area contributed by atoms with Crippen molar-refractivity contribution in [3.05, 3.63) is 70.9 Å². The fourth-order valence-electron chi connectivity index (χ4n) is 2.02. The molecule has 0 N–H and O–H groups in total. The lowest BCUT2D eigenvalue weighted by Gasteiger charge is -2.06. The quantitative estimate of drug-likeness (QED) is 0.480. The summed E-state index contributed by atoms with van der Waals surface area (Å²) >= 11 is 7.50. The molecule has 4 heteroatoms. The van der Waals surface area contributed by atoms with Crippen LogP contribution in [-0.4, -0.2) is 5.78 Å². The van der Waals surface area contributed by atoms with Crippen molar-refractivity contribution in [3.63, 3.8) is 0 Å². The van der Waals surface area contributed by atoms with Gasteiger partial charge in [0.05, 0.1) is 4.88 Å². The molecule has 0 radical (unpaired) electrons. The van der Waals surface area contributed by atoms with Crippen molar-refractivity contribution in [2.75, 3.05) is 0 Å². The Morgan fingerprint density at radius 1 is 1.10 bits per heavy atom. The minimum Gasteiger partial charge on any atom is -0.291 e. The maximum Gasteiger partial charge on any atom is 0.195 e. The molecular formula is C16H10ClFOS. The number of hydrogen-bond acceptors (Lipinski definition) is 2. The van der Waals surface area contributed by atoms with E-state index in [-0.39, 0.29) is 11.6 Å². The SMILES string of the molecule is O=C(c1cc2ccc(F)cc2s1)C(Cl)c1ccccc1. The van der Waals surface area contributed by atoms with Gasteiger partial charge in [0, 0.05) is 4.70 Å². The number of thiophene rings is 1. The van der Waals surface area contributed by atoms with Crippen molar-refractivity contribution in [1.29, 1.82) is 0 Å². The first-order valence-electron chi connectivity index (χ1n) is 6.07. The summed E-state index contributed by atoms with van der Waals surface area (Å²) in [6.45, 7) is 0. The molecular weight excluding hydrogens is 295 g/mol. The number of alkyl halides is 1. The molecule has 0 aliphatic heterocycles. The van der Waals surface area contributed by atoms with Gasteiger partial charge in [-0.15, -0.1) is 22.9 Å². The van der Waals surface area contributed by atoms with Crippen LogP contribution in [-0.2, 0) is 0 Å². The highest BCUT2D eigenvalue weighted by Crippen LogP contribution is 2.32. The van der Waals surface area contributed by atoms with Crippen molar-refractivity contribution in [2.24, 2.45) is 0 Å². The highest BCUT2D eigenvalue weighted by Gasteiger charge is 2.21. The Hall–Kier alpha value is -1.71. The van der Waals surface area contributed by atoms with Gasteiger partial charge in [0.2, 0.25) is 0 Å². The molecule has 1 aromatic heterocycles. The molecule has 20 heavy (non-hydrogen) atoms. The Morgan fingerprint density at radius 2 is 1.85 bits per heavy atom. The van der Waals surface area contributed by atoms with Gasteiger partial charge in [0.15, 0.2) is 5.78 Å². The van der Waals surface area contributed by atoms with Crippen molar-refractivity contribution < 1.29 is 9.18 Å². The maximum atomic E-state index is 13.2. The summed E-state index contributed by atoms with van der Waals surface area (Å²) in [5.74, 6) is -0.455. The number of halogens is 2. The van der Waals surface area contributed by atoms with Gasteiger partial charge < -0.3 is 0 Å². The van der Waals surface area contributed by atoms with Gasteiger partial charge >= 0.3 is 0 Å². The first-order chi connectivity index (χ1) is 9.65. The lowest BCUT2D eigenvalue weighted by atomic mass is 10.1. The van der Waals surface area contributed by atoms with Gasteiger partial charge in [0.25, 0.3) is 0 Å². The van der Waals surface area contributed by atoms with Gasteiger partial charge in [-0.2, -0.15) is 0 Å². The molecule has 1 heterocycles. The van der Waals surface area contributed by atoms with E-state index in [1.165, 1.54) is 23.5 Å². The number of ketones is 1. The van der Waals surface area contributed by atoms with Gasteiger partial charge in [-0.05, 0) is 29.1 Å². The van der Waals surface area contributed by atoms with Gasteiger partial charge in [-0.25, -0.2) is 4.39 Å². The van der Waals surface area contributed by atoms with E-state index in [2.05, 4.69) is 0 Å². The molecule has 3 rings (SSSR count). The average molecular weight is 305 g/mol. The van der Waals surface area contributed by atoms with Gasteiger partial charge in [-0.3, -0.25) is 4.79 Å². The molecule has 100 valence electrons. The van der Waals surface area contributed by atoms with E-state index in [0.29, 0.717) is 4.88 Å². The van der Waals surface area contributed by atoms with Crippen LogP contribution in [0, 0.1) is 5.82 Å². The zero-order valence-electron chi connectivity index (χ0n) is 10.3. The maximum absolute atomic E-state index is 13.2. The van der Waals surface area contributed by atoms with Crippen LogP contribution in [0.5, 0.6) is 0 Å². The molecule has 1 nitrogen and oxygen atoms in total. The summed E-state index contributed by atoms with van der Waals surface area (Å²) in [6.07, 6.45) is 0. The molecule has 2 aromatic carbocycles. The van der Waals surface area contributed by atoms with Crippen LogP contribution in [0.1, 0.15) is 20.6 Å². The fraction of sp³-hybridized carbons (Fsp3) is 0.0625. The third kappa shape index (κ3) is 2.47. The molecule has 0 aliphatic rings. The number of carbonyl (C=O) groups excluding carboxylic acids is 1. The Kier molecular flexibility index (Phi) is 3.55. The van der Waals surface area contributed by atoms with Crippen LogP contribution >= 0.6 is 22.9 Å². The molecule has 3 aromatic rings. The molecule has 1 atom stereocenters. The summed E-state index contributed by atoms with van der Waals surface area (Å²) in [5.41, 5.74) is 0.766. The van der Waals surface area contributed by atoms with Crippen molar-refractivity contribution in [1.82, 2.24) is 0 Å². The number of rotatable bonds is 3. The predicted octanol–water partition coefficient (Wildman–Crippen LogP) is 5.20. The summed E-state index contributed by atoms with van der Waals surface area (Å²) in [5, 5.41) is 0.144. The molecule has 1 unspecified atom stereocenters. The second-order valence-corrected chi connectivity index (χ2v) is 5.95. The highest BCUT2D eigenvalue weighted by atomic mass is 35.5. The van der Waals surface area contributed by atoms with E-state index in [9.17, 15) is 9.18 Å². The van der Waals surface area contributed by atoms with Crippen LogP contribution in [0.4, 0.5) is 4.39 Å². The highest BCUT2D eigenvalue weighted by molar-refractivity contribution is 7.21. The number of Topliss-reactive ketones (excluding diaryl/α,β-unsaturated/α-hetero) is 1. The smallest absolute Gasteiger partial charge is 0.195 e. The van der Waals surface area contributed by atoms with E-state index in [0.717, 1.165) is 15.6 Å². The topological polar surface area (TPSA) is 17.1 Å². The zero-order valence-corrected chi connectivity index (χ0v) is 11.9. The predicted molar refractivity (Wildman–Crippen MR) is 81.1 cm³/mol. The van der Waals surface area contributed by atoms with Gasteiger partial charge in [-0.1, -0.05) is 36.4 Å². The number of benzene rings is 2. The fourth-order valence-corrected chi connectivity index (χ4v) is 3.41. The number of carbonyl (C=O) groups is 1. The summed E-state index contributed by atoms with van der Waals surface area (Å²) in [4.78, 5) is 12.9. The van der Waals surface area contributed by atoms with E-state index >= 15 is 0 Å². The molecule has 0 fully saturated rings. The van der Waals surface area contributed by atoms with Crippen LogP contribution < -0.4 is 0 Å². The zero-order chi connectivity index (χ0) is 14.1. The van der Waals surface area contributed by atoms with Crippen LogP contribution in [0.2, 0.25) is 0 Å². The molecule has 0 saturated heterocycles. The normalized spacial score (nSPS) is 12.5. The Bertz CT molecular complexity index is 767. The van der Waals surface area contributed by atoms with E-state index in [4.69, 9.17) is 11.6 Å². The first kappa shape index (κ1) is 13.3. The second-order valence-electron chi connectivity index (χ2n) is 4.43. The Balaban J connectivity index is 1.96. The Labute approximate surface area is 124 Å². The van der Waals surface area contributed by atoms with Gasteiger partial charge in [0.1, 0.15) is 11.2 Å². The van der Waals surface area contributed by atoms with Crippen molar-refractivity contribution in [3.8, 4) is 0 Å². The summed E-state index contributed by atoms with van der Waals surface area (Å²) in [7, 11) is 0. The lowest BCUT2D eigenvalue weighted by molar-refractivity contribution is 0.0991. The molecule has 0 bridgehead atoms. The summed E-state index contributed by atoms with van der Waals surface area (Å²) < 4.78 is 13.9. The van der Waals surface area contributed by atoms with Crippen LogP contribution in [0.25, 0.3) is 10.1 Å². The monoisotopic (exact) mass is 304 g/mol. The van der Waals surface area contributed by atoms with E-state index in [1.807, 2.05) is 30.3 Å². The Morgan fingerprint density at radius 3 is 2.60 bits per heavy atom. The van der Waals surface area contributed by atoms with Crippen LogP contribution in [0.15, 0.2) is 54.6 Å². The van der Waals surface area contributed by atoms with E-state index < -0.39 is 5.38 Å². The van der Waals surface area contributed by atoms with Crippen molar-refractivity contribution >= 4 is 38.8 Å². The van der Waals surface area contributed by atoms with Crippen LogP contribution in [0.3, 0.4) is 0 Å². The number of hydrogen-bond donors (Lipinski definition) is 0. The standard InChI is InChI=1S/C16H10ClFOS/c17-15(10-4-2-1-3-5-10)16(19)14-8-11-6-7-12(18)9-13(11)20-14/h1-9,15H. The second kappa shape index (κ2) is 5.35. The number of fused-ring (bicyclic) bond motifs is 1. The average Bonchev–Trinajstić information content (AvgIpc) is 2.89. The molecule has 0 amide bonds. The summed E-state index contributed by atoms with van der Waals surface area (Å²) in [6, 6.07) is 15.5. The first-order valence-corrected chi connectivity index (χ1v) is 7.33. The van der Waals surface area contributed by atoms with Crippen molar-refractivity contribution in [2.45, 2.75) is 5.38 Å². The minimum atomic E-state index is -0.714. The molecule has 0 spiro atoms. The molecule has 0 aliphatic carbocycles. The third-order valence-electron chi connectivity index (χ3n) is 3.05. The minimum absolute atomic E-state index is 0.153. The van der Waals surface area contributed by atoms with E-state index in [1.54, 1.807) is 12.1 Å². The largest absolute Gasteiger partial charge is 0.291 e. The lowest BCUT2D eigenvalue weighted by Crippen LogP contribution is -2.05. The third-order valence-corrected chi connectivity index (χ3v) is 4.61. The molecule has 0 saturated carbocycles.